The van der Waals surface area contributed by atoms with Gasteiger partial charge in [0.15, 0.2) is 5.82 Å². The van der Waals surface area contributed by atoms with Crippen LogP contribution >= 0.6 is 0 Å². The van der Waals surface area contributed by atoms with E-state index in [1.807, 2.05) is 26.1 Å². The third kappa shape index (κ3) is 1.87. The van der Waals surface area contributed by atoms with Crippen LogP contribution in [0.2, 0.25) is 0 Å². The van der Waals surface area contributed by atoms with Gasteiger partial charge in [0.25, 0.3) is 0 Å². The molecule has 0 radical (unpaired) electrons. The van der Waals surface area contributed by atoms with Crippen molar-refractivity contribution < 1.29 is 0 Å². The maximum atomic E-state index is 5.50. The Morgan fingerprint density at radius 3 is 2.67 bits per heavy atom. The molecular weight excluding hydrogens is 190 g/mol. The van der Waals surface area contributed by atoms with Crippen LogP contribution in [0.1, 0.15) is 11.4 Å². The van der Waals surface area contributed by atoms with Crippen LogP contribution < -0.4 is 5.73 Å². The molecule has 2 heterocycles. The first-order valence-electron chi connectivity index (χ1n) is 4.73. The minimum Gasteiger partial charge on any atom is -0.326 e. The van der Waals surface area contributed by atoms with E-state index < -0.39 is 0 Å². The summed E-state index contributed by atoms with van der Waals surface area (Å²) in [6.07, 6.45) is 1.76. The lowest BCUT2D eigenvalue weighted by Crippen LogP contribution is -1.99. The van der Waals surface area contributed by atoms with Crippen molar-refractivity contribution in [2.75, 3.05) is 0 Å². The zero-order chi connectivity index (χ0) is 10.8. The molecule has 2 aromatic heterocycles. The minimum atomic E-state index is 0.505. The second-order valence-electron chi connectivity index (χ2n) is 3.36. The molecular formula is C10H13N5. The molecule has 78 valence electrons. The Morgan fingerprint density at radius 1 is 1.40 bits per heavy atom. The van der Waals surface area contributed by atoms with Crippen molar-refractivity contribution >= 4 is 0 Å². The fraction of sp³-hybridized carbons (Fsp3) is 0.300. The van der Waals surface area contributed by atoms with Crippen molar-refractivity contribution in [1.82, 2.24) is 19.7 Å². The fourth-order valence-electron chi connectivity index (χ4n) is 1.41. The van der Waals surface area contributed by atoms with E-state index in [1.165, 1.54) is 0 Å². The van der Waals surface area contributed by atoms with Gasteiger partial charge in [-0.1, -0.05) is 6.07 Å². The summed E-state index contributed by atoms with van der Waals surface area (Å²) in [5, 5.41) is 4.17. The van der Waals surface area contributed by atoms with E-state index in [-0.39, 0.29) is 0 Å². The van der Waals surface area contributed by atoms with Crippen molar-refractivity contribution in [2.45, 2.75) is 13.5 Å². The van der Waals surface area contributed by atoms with Crippen molar-refractivity contribution in [3.63, 3.8) is 0 Å². The number of nitrogens with two attached hydrogens (primary N) is 1. The molecule has 0 saturated heterocycles. The fourth-order valence-corrected chi connectivity index (χ4v) is 1.41. The van der Waals surface area contributed by atoms with Gasteiger partial charge in [0.1, 0.15) is 11.5 Å². The molecule has 0 amide bonds. The number of hydrogen-bond donors (Lipinski definition) is 1. The van der Waals surface area contributed by atoms with E-state index >= 15 is 0 Å². The second kappa shape index (κ2) is 3.78. The Hall–Kier alpha value is -1.75. The number of pyridine rings is 1. The standard InChI is InChI=1S/C10H13N5/c1-7-13-10(15(2)14-7)9-4-3-8(5-11)6-12-9/h3-4,6H,5,11H2,1-2H3. The third-order valence-corrected chi connectivity index (χ3v) is 2.16. The van der Waals surface area contributed by atoms with Gasteiger partial charge in [0, 0.05) is 19.8 Å². The van der Waals surface area contributed by atoms with Gasteiger partial charge >= 0.3 is 0 Å². The van der Waals surface area contributed by atoms with Gasteiger partial charge in [-0.2, -0.15) is 5.10 Å². The largest absolute Gasteiger partial charge is 0.326 e. The van der Waals surface area contributed by atoms with Crippen molar-refractivity contribution in [1.29, 1.82) is 0 Å². The highest BCUT2D eigenvalue weighted by molar-refractivity contribution is 5.49. The maximum absolute atomic E-state index is 5.50. The normalized spacial score (nSPS) is 10.6. The lowest BCUT2D eigenvalue weighted by atomic mass is 10.2. The number of hydrogen-bond acceptors (Lipinski definition) is 4. The molecule has 0 unspecified atom stereocenters. The summed E-state index contributed by atoms with van der Waals surface area (Å²) in [5.74, 6) is 1.52. The lowest BCUT2D eigenvalue weighted by Gasteiger charge is -2.00. The van der Waals surface area contributed by atoms with Gasteiger partial charge in [0.2, 0.25) is 0 Å². The number of aromatic nitrogens is 4. The topological polar surface area (TPSA) is 69.6 Å². The molecule has 0 spiro atoms. The molecule has 5 heteroatoms. The molecule has 0 aromatic carbocycles. The Kier molecular flexibility index (Phi) is 2.47. The van der Waals surface area contributed by atoms with Crippen molar-refractivity contribution in [2.24, 2.45) is 12.8 Å². The van der Waals surface area contributed by atoms with Gasteiger partial charge in [-0.3, -0.25) is 4.98 Å². The summed E-state index contributed by atoms with van der Waals surface area (Å²) in [6.45, 7) is 2.36. The Labute approximate surface area is 88.0 Å². The van der Waals surface area contributed by atoms with Crippen LogP contribution in [-0.4, -0.2) is 19.7 Å². The molecule has 5 nitrogen and oxygen atoms in total. The Bertz CT molecular complexity index is 457. The zero-order valence-electron chi connectivity index (χ0n) is 8.81. The molecule has 0 aliphatic carbocycles. The summed E-state index contributed by atoms with van der Waals surface area (Å²) in [6, 6.07) is 3.86. The summed E-state index contributed by atoms with van der Waals surface area (Å²) in [7, 11) is 1.86. The number of aryl methyl sites for hydroxylation is 2. The average molecular weight is 203 g/mol. The van der Waals surface area contributed by atoms with Gasteiger partial charge in [-0.05, 0) is 18.6 Å². The van der Waals surface area contributed by atoms with E-state index in [0.29, 0.717) is 6.54 Å². The van der Waals surface area contributed by atoms with E-state index in [2.05, 4.69) is 15.1 Å². The number of nitrogens with zero attached hydrogens (tertiary/aromatic N) is 4. The first kappa shape index (κ1) is 9.79. The molecule has 0 fully saturated rings. The molecule has 0 aliphatic rings. The highest BCUT2D eigenvalue weighted by Crippen LogP contribution is 2.13. The summed E-state index contributed by atoms with van der Waals surface area (Å²) < 4.78 is 1.72. The van der Waals surface area contributed by atoms with Crippen LogP contribution in [0.25, 0.3) is 11.5 Å². The zero-order valence-corrected chi connectivity index (χ0v) is 8.81. The molecule has 0 saturated carbocycles. The van der Waals surface area contributed by atoms with Crippen LogP contribution in [0.4, 0.5) is 0 Å². The highest BCUT2D eigenvalue weighted by Gasteiger charge is 2.07. The highest BCUT2D eigenvalue weighted by atomic mass is 15.3. The van der Waals surface area contributed by atoms with Gasteiger partial charge < -0.3 is 5.73 Å². The number of rotatable bonds is 2. The quantitative estimate of drug-likeness (QED) is 0.777. The Balaban J connectivity index is 2.41. The minimum absolute atomic E-state index is 0.505. The van der Waals surface area contributed by atoms with E-state index in [0.717, 1.165) is 22.9 Å². The molecule has 0 aliphatic heterocycles. The van der Waals surface area contributed by atoms with Gasteiger partial charge in [-0.25, -0.2) is 9.67 Å². The van der Waals surface area contributed by atoms with Crippen molar-refractivity contribution in [3.8, 4) is 11.5 Å². The molecule has 2 N–H and O–H groups in total. The predicted octanol–water partition coefficient (Wildman–Crippen LogP) is 0.644. The van der Waals surface area contributed by atoms with E-state index in [9.17, 15) is 0 Å². The molecule has 15 heavy (non-hydrogen) atoms. The smallest absolute Gasteiger partial charge is 0.176 e. The monoisotopic (exact) mass is 203 g/mol. The lowest BCUT2D eigenvalue weighted by molar-refractivity contribution is 0.761. The summed E-state index contributed by atoms with van der Waals surface area (Å²) in [5.41, 5.74) is 7.33. The SMILES string of the molecule is Cc1nc(-c2ccc(CN)cn2)n(C)n1. The Morgan fingerprint density at radius 2 is 2.20 bits per heavy atom. The molecule has 0 atom stereocenters. The van der Waals surface area contributed by atoms with Gasteiger partial charge in [-0.15, -0.1) is 0 Å². The van der Waals surface area contributed by atoms with Crippen LogP contribution in [0.3, 0.4) is 0 Å². The molecule has 0 bridgehead atoms. The van der Waals surface area contributed by atoms with E-state index in [4.69, 9.17) is 5.73 Å². The first-order chi connectivity index (χ1) is 7.20. The summed E-state index contributed by atoms with van der Waals surface area (Å²) in [4.78, 5) is 8.58. The molecule has 2 aromatic rings. The summed E-state index contributed by atoms with van der Waals surface area (Å²) >= 11 is 0. The van der Waals surface area contributed by atoms with Crippen LogP contribution in [0, 0.1) is 6.92 Å². The third-order valence-electron chi connectivity index (χ3n) is 2.16. The van der Waals surface area contributed by atoms with Crippen LogP contribution in [-0.2, 0) is 13.6 Å². The van der Waals surface area contributed by atoms with Crippen LogP contribution in [0.15, 0.2) is 18.3 Å². The molecule has 2 rings (SSSR count). The van der Waals surface area contributed by atoms with E-state index in [1.54, 1.807) is 10.9 Å². The van der Waals surface area contributed by atoms with Crippen molar-refractivity contribution in [3.05, 3.63) is 29.7 Å². The van der Waals surface area contributed by atoms with Crippen LogP contribution in [0.5, 0.6) is 0 Å². The second-order valence-corrected chi connectivity index (χ2v) is 3.36. The maximum Gasteiger partial charge on any atom is 0.176 e. The van der Waals surface area contributed by atoms with Gasteiger partial charge in [0.05, 0.1) is 0 Å². The average Bonchev–Trinajstić information content (AvgIpc) is 2.58. The predicted molar refractivity (Wildman–Crippen MR) is 56.9 cm³/mol. The first-order valence-corrected chi connectivity index (χ1v) is 4.73.